The minimum Gasteiger partial charge on any atom is -0.465 e. The van der Waals surface area contributed by atoms with Gasteiger partial charge in [-0.3, -0.25) is 0 Å². The maximum atomic E-state index is 11.7. The Kier molecular flexibility index (Phi) is 3.79. The Hall–Kier alpha value is -2.29. The highest BCUT2D eigenvalue weighted by Crippen LogP contribution is 2.46. The van der Waals surface area contributed by atoms with Crippen molar-refractivity contribution in [3.63, 3.8) is 0 Å². The summed E-state index contributed by atoms with van der Waals surface area (Å²) >= 11 is 0. The molecule has 2 saturated carbocycles. The Morgan fingerprint density at radius 1 is 0.958 bits per heavy atom. The summed E-state index contributed by atoms with van der Waals surface area (Å²) in [5.41, 5.74) is 6.66. The van der Waals surface area contributed by atoms with Crippen molar-refractivity contribution < 1.29 is 9.53 Å². The highest BCUT2D eigenvalue weighted by molar-refractivity contribution is 5.91. The van der Waals surface area contributed by atoms with Gasteiger partial charge in [0.2, 0.25) is 0 Å². The Balaban J connectivity index is 1.60. The molecule has 24 heavy (non-hydrogen) atoms. The van der Waals surface area contributed by atoms with E-state index in [2.05, 4.69) is 23.5 Å². The Labute approximate surface area is 143 Å². The predicted octanol–water partition coefficient (Wildman–Crippen LogP) is 5.28. The first-order valence-electron chi connectivity index (χ1n) is 8.75. The van der Waals surface area contributed by atoms with Gasteiger partial charge >= 0.3 is 5.97 Å². The van der Waals surface area contributed by atoms with E-state index in [9.17, 15) is 4.79 Å². The topological polar surface area (TPSA) is 38.3 Å². The third-order valence-electron chi connectivity index (χ3n) is 5.00. The Bertz CT molecular complexity index is 758. The maximum Gasteiger partial charge on any atom is 0.338 e. The monoisotopic (exact) mass is 321 g/mol. The molecule has 2 aliphatic carbocycles. The van der Waals surface area contributed by atoms with Crippen LogP contribution in [0, 0.1) is 6.92 Å². The number of anilines is 2. The first-order chi connectivity index (χ1) is 11.6. The van der Waals surface area contributed by atoms with E-state index in [0.717, 1.165) is 28.8 Å². The fraction of sp³-hybridized carbons (Fsp3) is 0.381. The van der Waals surface area contributed by atoms with Gasteiger partial charge in [-0.2, -0.15) is 0 Å². The zero-order chi connectivity index (χ0) is 16.7. The molecule has 0 saturated heterocycles. The molecule has 0 heterocycles. The first-order valence-corrected chi connectivity index (χ1v) is 8.75. The summed E-state index contributed by atoms with van der Waals surface area (Å²) in [6.45, 7) is 1.94. The van der Waals surface area contributed by atoms with Gasteiger partial charge in [0.05, 0.1) is 12.7 Å². The van der Waals surface area contributed by atoms with Crippen LogP contribution >= 0.6 is 0 Å². The number of benzene rings is 2. The van der Waals surface area contributed by atoms with Gasteiger partial charge < -0.3 is 10.1 Å². The summed E-state index contributed by atoms with van der Waals surface area (Å²) in [6, 6.07) is 12.8. The van der Waals surface area contributed by atoms with Crippen molar-refractivity contribution in [1.29, 1.82) is 0 Å². The molecule has 4 rings (SSSR count). The van der Waals surface area contributed by atoms with Crippen LogP contribution in [-0.4, -0.2) is 13.1 Å². The molecule has 0 radical (unpaired) electrons. The summed E-state index contributed by atoms with van der Waals surface area (Å²) in [5, 5.41) is 3.52. The molecule has 0 aromatic heterocycles. The van der Waals surface area contributed by atoms with Crippen LogP contribution in [0.4, 0.5) is 11.4 Å². The molecule has 0 amide bonds. The average Bonchev–Trinajstić information content (AvgIpc) is 3.47. The molecule has 0 atom stereocenters. The molecule has 124 valence electrons. The van der Waals surface area contributed by atoms with E-state index in [1.807, 2.05) is 25.1 Å². The van der Waals surface area contributed by atoms with Crippen LogP contribution in [0.5, 0.6) is 0 Å². The normalized spacial score (nSPS) is 16.8. The smallest absolute Gasteiger partial charge is 0.338 e. The third kappa shape index (κ3) is 3.16. The minimum absolute atomic E-state index is 0.286. The molecule has 2 fully saturated rings. The van der Waals surface area contributed by atoms with E-state index in [-0.39, 0.29) is 5.97 Å². The van der Waals surface area contributed by atoms with Gasteiger partial charge in [0.1, 0.15) is 0 Å². The van der Waals surface area contributed by atoms with Crippen LogP contribution in [0.3, 0.4) is 0 Å². The van der Waals surface area contributed by atoms with E-state index in [1.54, 1.807) is 0 Å². The van der Waals surface area contributed by atoms with E-state index >= 15 is 0 Å². The van der Waals surface area contributed by atoms with Gasteiger partial charge in [-0.1, -0.05) is 6.07 Å². The van der Waals surface area contributed by atoms with Crippen LogP contribution in [0.1, 0.15) is 64.6 Å². The SMILES string of the molecule is COC(=O)c1ccc(Nc2cc(C3CC3)cc(C3CC3)c2)cc1C. The van der Waals surface area contributed by atoms with Crippen molar-refractivity contribution in [2.45, 2.75) is 44.4 Å². The van der Waals surface area contributed by atoms with Crippen LogP contribution < -0.4 is 5.32 Å². The molecule has 0 aliphatic heterocycles. The number of esters is 1. The number of aryl methyl sites for hydroxylation is 1. The van der Waals surface area contributed by atoms with Crippen molar-refractivity contribution >= 4 is 17.3 Å². The van der Waals surface area contributed by atoms with E-state index < -0.39 is 0 Å². The zero-order valence-electron chi connectivity index (χ0n) is 14.3. The van der Waals surface area contributed by atoms with Gasteiger partial charge in [-0.15, -0.1) is 0 Å². The molecule has 2 aromatic carbocycles. The largest absolute Gasteiger partial charge is 0.465 e. The van der Waals surface area contributed by atoms with Crippen LogP contribution in [-0.2, 0) is 4.74 Å². The van der Waals surface area contributed by atoms with Crippen molar-refractivity contribution in [1.82, 2.24) is 0 Å². The standard InChI is InChI=1S/C21H23NO2/c1-13-9-18(7-8-20(13)21(23)24-2)22-19-11-16(14-3-4-14)10-17(12-19)15-5-6-15/h7-12,14-15,22H,3-6H2,1-2H3. The fourth-order valence-corrected chi connectivity index (χ4v) is 3.30. The molecule has 0 unspecified atom stereocenters. The van der Waals surface area contributed by atoms with Crippen molar-refractivity contribution in [3.8, 4) is 0 Å². The number of methoxy groups -OCH3 is 1. The number of hydrogen-bond acceptors (Lipinski definition) is 3. The van der Waals surface area contributed by atoms with Crippen LogP contribution in [0.25, 0.3) is 0 Å². The quantitative estimate of drug-likeness (QED) is 0.761. The van der Waals surface area contributed by atoms with E-state index in [1.165, 1.54) is 43.9 Å². The van der Waals surface area contributed by atoms with Crippen molar-refractivity contribution in [2.75, 3.05) is 12.4 Å². The molecule has 1 N–H and O–H groups in total. The fourth-order valence-electron chi connectivity index (χ4n) is 3.30. The number of carbonyl (C=O) groups excluding carboxylic acids is 1. The van der Waals surface area contributed by atoms with Gasteiger partial charge in [0.25, 0.3) is 0 Å². The maximum absolute atomic E-state index is 11.7. The number of rotatable bonds is 5. The van der Waals surface area contributed by atoms with Gasteiger partial charge in [0, 0.05) is 11.4 Å². The van der Waals surface area contributed by atoms with Crippen molar-refractivity contribution in [2.24, 2.45) is 0 Å². The summed E-state index contributed by atoms with van der Waals surface area (Å²) in [7, 11) is 1.41. The lowest BCUT2D eigenvalue weighted by atomic mass is 10.0. The van der Waals surface area contributed by atoms with Crippen molar-refractivity contribution in [3.05, 3.63) is 58.7 Å². The second kappa shape index (κ2) is 5.97. The molecule has 0 spiro atoms. The molecule has 0 bridgehead atoms. The highest BCUT2D eigenvalue weighted by atomic mass is 16.5. The molecular weight excluding hydrogens is 298 g/mol. The molecule has 2 aromatic rings. The first kappa shape index (κ1) is 15.3. The number of ether oxygens (including phenoxy) is 1. The average molecular weight is 321 g/mol. The van der Waals surface area contributed by atoms with Gasteiger partial charge in [-0.05, 0) is 91.5 Å². The lowest BCUT2D eigenvalue weighted by Gasteiger charge is -2.13. The molecule has 3 nitrogen and oxygen atoms in total. The van der Waals surface area contributed by atoms with E-state index in [0.29, 0.717) is 5.56 Å². The predicted molar refractivity (Wildman–Crippen MR) is 96.2 cm³/mol. The van der Waals surface area contributed by atoms with Crippen LogP contribution in [0.2, 0.25) is 0 Å². The number of nitrogens with one attached hydrogen (secondary N) is 1. The second-order valence-corrected chi connectivity index (χ2v) is 7.08. The second-order valence-electron chi connectivity index (χ2n) is 7.08. The number of hydrogen-bond donors (Lipinski definition) is 1. The third-order valence-corrected chi connectivity index (χ3v) is 5.00. The summed E-state index contributed by atoms with van der Waals surface area (Å²) in [4.78, 5) is 11.7. The van der Waals surface area contributed by atoms with Gasteiger partial charge in [-0.25, -0.2) is 4.79 Å². The van der Waals surface area contributed by atoms with E-state index in [4.69, 9.17) is 4.74 Å². The van der Waals surface area contributed by atoms with Crippen LogP contribution in [0.15, 0.2) is 36.4 Å². The lowest BCUT2D eigenvalue weighted by molar-refractivity contribution is 0.0600. The zero-order valence-corrected chi connectivity index (χ0v) is 14.3. The molecule has 2 aliphatic rings. The molecule has 3 heteroatoms. The lowest BCUT2D eigenvalue weighted by Crippen LogP contribution is -2.04. The summed E-state index contributed by atoms with van der Waals surface area (Å²) in [5.74, 6) is 1.23. The molecular formula is C21H23NO2. The summed E-state index contributed by atoms with van der Waals surface area (Å²) < 4.78 is 4.81. The Morgan fingerprint density at radius 3 is 2.08 bits per heavy atom. The summed E-state index contributed by atoms with van der Waals surface area (Å²) in [6.07, 6.45) is 5.28. The minimum atomic E-state index is -0.286. The highest BCUT2D eigenvalue weighted by Gasteiger charge is 2.28. The Morgan fingerprint density at radius 2 is 1.58 bits per heavy atom. The van der Waals surface area contributed by atoms with Gasteiger partial charge in [0.15, 0.2) is 0 Å². The number of carbonyl (C=O) groups is 1.